The van der Waals surface area contributed by atoms with Gasteiger partial charge in [-0.1, -0.05) is 11.6 Å². The van der Waals surface area contributed by atoms with Crippen molar-refractivity contribution in [2.24, 2.45) is 0 Å². The van der Waals surface area contributed by atoms with Gasteiger partial charge in [-0.3, -0.25) is 9.48 Å². The fourth-order valence-corrected chi connectivity index (χ4v) is 1.79. The van der Waals surface area contributed by atoms with Gasteiger partial charge in [-0.15, -0.1) is 0 Å². The highest BCUT2D eigenvalue weighted by Gasteiger charge is 2.18. The Morgan fingerprint density at radius 1 is 1.55 bits per heavy atom. The summed E-state index contributed by atoms with van der Waals surface area (Å²) in [6.45, 7) is 3.38. The van der Waals surface area contributed by atoms with E-state index in [1.54, 1.807) is 20.0 Å². The second-order valence-corrected chi connectivity index (χ2v) is 4.85. The lowest BCUT2D eigenvalue weighted by atomic mass is 10.2. The quantitative estimate of drug-likeness (QED) is 0.855. The summed E-state index contributed by atoms with van der Waals surface area (Å²) in [4.78, 5) is 12.1. The van der Waals surface area contributed by atoms with E-state index in [-0.39, 0.29) is 5.69 Å². The van der Waals surface area contributed by atoms with Gasteiger partial charge in [-0.2, -0.15) is 5.10 Å². The number of hydrogen-bond donors (Lipinski definition) is 2. The molecule has 2 aromatic rings. The first kappa shape index (κ1) is 14.3. The Morgan fingerprint density at radius 2 is 2.25 bits per heavy atom. The third-order valence-corrected chi connectivity index (χ3v) is 3.25. The summed E-state index contributed by atoms with van der Waals surface area (Å²) in [6.07, 6.45) is 1.55. The maximum atomic E-state index is 13.6. The van der Waals surface area contributed by atoms with Crippen molar-refractivity contribution in [2.45, 2.75) is 19.9 Å². The molecular weight excluding hydrogens is 283 g/mol. The summed E-state index contributed by atoms with van der Waals surface area (Å²) in [7, 11) is 0. The molecule has 3 N–H and O–H groups in total. The van der Waals surface area contributed by atoms with E-state index in [0.29, 0.717) is 16.4 Å². The van der Waals surface area contributed by atoms with Crippen LogP contribution in [0, 0.1) is 12.7 Å². The van der Waals surface area contributed by atoms with Crippen LogP contribution in [0.3, 0.4) is 0 Å². The predicted molar refractivity (Wildman–Crippen MR) is 76.1 cm³/mol. The Bertz CT molecular complexity index is 636. The van der Waals surface area contributed by atoms with E-state index in [1.807, 2.05) is 0 Å². The molecule has 20 heavy (non-hydrogen) atoms. The van der Waals surface area contributed by atoms with Crippen LogP contribution < -0.4 is 11.1 Å². The van der Waals surface area contributed by atoms with Crippen LogP contribution in [0.5, 0.6) is 0 Å². The maximum absolute atomic E-state index is 13.6. The Hall–Kier alpha value is -2.08. The molecule has 0 aliphatic rings. The Balaban J connectivity index is 2.17. The lowest BCUT2D eigenvalue weighted by Crippen LogP contribution is -2.24. The molecule has 0 saturated carbocycles. The zero-order valence-electron chi connectivity index (χ0n) is 11.0. The topological polar surface area (TPSA) is 72.9 Å². The number of aryl methyl sites for hydroxylation is 1. The highest BCUT2D eigenvalue weighted by molar-refractivity contribution is 6.31. The van der Waals surface area contributed by atoms with Crippen LogP contribution in [0.4, 0.5) is 15.8 Å². The van der Waals surface area contributed by atoms with E-state index >= 15 is 0 Å². The van der Waals surface area contributed by atoms with Crippen molar-refractivity contribution < 1.29 is 9.18 Å². The summed E-state index contributed by atoms with van der Waals surface area (Å²) in [5.41, 5.74) is 6.59. The average molecular weight is 297 g/mol. The fourth-order valence-electron chi connectivity index (χ4n) is 1.65. The molecule has 1 heterocycles. The van der Waals surface area contributed by atoms with Crippen LogP contribution in [0.15, 0.2) is 24.4 Å². The number of amides is 1. The average Bonchev–Trinajstić information content (AvgIpc) is 2.73. The van der Waals surface area contributed by atoms with E-state index in [4.69, 9.17) is 17.3 Å². The van der Waals surface area contributed by atoms with Gasteiger partial charge in [0.15, 0.2) is 0 Å². The van der Waals surface area contributed by atoms with Gasteiger partial charge in [-0.05, 0) is 32.0 Å². The van der Waals surface area contributed by atoms with E-state index in [1.165, 1.54) is 22.9 Å². The fraction of sp³-hybridized carbons (Fsp3) is 0.231. The number of hydrogen-bond acceptors (Lipinski definition) is 3. The number of aromatic nitrogens is 2. The summed E-state index contributed by atoms with van der Waals surface area (Å²) in [5, 5.41) is 7.07. The molecule has 1 aromatic heterocycles. The Labute approximate surface area is 120 Å². The SMILES string of the molecule is Cc1nn(C(C)C(=O)Nc2cc(N)ccc2F)cc1Cl. The lowest BCUT2D eigenvalue weighted by Gasteiger charge is -2.13. The third kappa shape index (κ3) is 2.91. The van der Waals surface area contributed by atoms with E-state index in [2.05, 4.69) is 10.4 Å². The maximum Gasteiger partial charge on any atom is 0.249 e. The monoisotopic (exact) mass is 296 g/mol. The molecule has 0 bridgehead atoms. The standard InChI is InChI=1S/C13H14ClFN4O/c1-7-10(14)6-19(18-7)8(2)13(20)17-12-5-9(16)3-4-11(12)15/h3-6,8H,16H2,1-2H3,(H,17,20). The summed E-state index contributed by atoms with van der Waals surface area (Å²) in [5.74, 6) is -0.955. The molecule has 7 heteroatoms. The van der Waals surface area contributed by atoms with Crippen molar-refractivity contribution in [3.63, 3.8) is 0 Å². The number of halogens is 2. The van der Waals surface area contributed by atoms with Crippen molar-refractivity contribution in [3.05, 3.63) is 40.9 Å². The normalized spacial score (nSPS) is 12.2. The highest BCUT2D eigenvalue weighted by Crippen LogP contribution is 2.20. The predicted octanol–water partition coefficient (Wildman–Crippen LogP) is 2.77. The highest BCUT2D eigenvalue weighted by atomic mass is 35.5. The van der Waals surface area contributed by atoms with Crippen molar-refractivity contribution in [2.75, 3.05) is 11.1 Å². The number of benzene rings is 1. The second-order valence-electron chi connectivity index (χ2n) is 4.45. The lowest BCUT2D eigenvalue weighted by molar-refractivity contribution is -0.119. The zero-order chi connectivity index (χ0) is 14.9. The molecule has 0 radical (unpaired) electrons. The first-order valence-corrected chi connectivity index (χ1v) is 6.33. The minimum absolute atomic E-state index is 0.0387. The van der Waals surface area contributed by atoms with Crippen LogP contribution in [-0.4, -0.2) is 15.7 Å². The molecular formula is C13H14ClFN4O. The smallest absolute Gasteiger partial charge is 0.249 e. The molecule has 106 valence electrons. The number of nitrogens with two attached hydrogens (primary N) is 1. The van der Waals surface area contributed by atoms with Gasteiger partial charge < -0.3 is 11.1 Å². The first-order chi connectivity index (χ1) is 9.38. The minimum atomic E-state index is -0.623. The van der Waals surface area contributed by atoms with E-state index < -0.39 is 17.8 Å². The summed E-state index contributed by atoms with van der Waals surface area (Å²) >= 11 is 5.89. The van der Waals surface area contributed by atoms with Gasteiger partial charge in [-0.25, -0.2) is 4.39 Å². The molecule has 1 atom stereocenters. The molecule has 0 saturated heterocycles. The van der Waals surface area contributed by atoms with Gasteiger partial charge in [0.1, 0.15) is 11.9 Å². The van der Waals surface area contributed by atoms with E-state index in [0.717, 1.165) is 0 Å². The first-order valence-electron chi connectivity index (χ1n) is 5.95. The van der Waals surface area contributed by atoms with Gasteiger partial charge in [0.05, 0.1) is 16.4 Å². The molecule has 2 rings (SSSR count). The molecule has 0 aliphatic carbocycles. The molecule has 1 amide bonds. The Kier molecular flexibility index (Phi) is 3.94. The zero-order valence-corrected chi connectivity index (χ0v) is 11.8. The molecule has 0 aliphatic heterocycles. The number of anilines is 2. The van der Waals surface area contributed by atoms with Gasteiger partial charge >= 0.3 is 0 Å². The van der Waals surface area contributed by atoms with Gasteiger partial charge in [0.25, 0.3) is 0 Å². The number of rotatable bonds is 3. The van der Waals surface area contributed by atoms with Crippen LogP contribution >= 0.6 is 11.6 Å². The van der Waals surface area contributed by atoms with Crippen LogP contribution in [0.25, 0.3) is 0 Å². The number of nitrogens with zero attached hydrogens (tertiary/aromatic N) is 2. The van der Waals surface area contributed by atoms with Crippen LogP contribution in [-0.2, 0) is 4.79 Å². The van der Waals surface area contributed by atoms with Gasteiger partial charge in [0.2, 0.25) is 5.91 Å². The van der Waals surface area contributed by atoms with Crippen molar-refractivity contribution in [1.29, 1.82) is 0 Å². The molecule has 1 unspecified atom stereocenters. The van der Waals surface area contributed by atoms with Gasteiger partial charge in [0, 0.05) is 11.9 Å². The minimum Gasteiger partial charge on any atom is -0.399 e. The Morgan fingerprint density at radius 3 is 2.85 bits per heavy atom. The summed E-state index contributed by atoms with van der Waals surface area (Å²) < 4.78 is 15.0. The van der Waals surface area contributed by atoms with Crippen molar-refractivity contribution in [3.8, 4) is 0 Å². The number of nitrogens with one attached hydrogen (secondary N) is 1. The number of carbonyl (C=O) groups is 1. The van der Waals surface area contributed by atoms with Crippen molar-refractivity contribution >= 4 is 28.9 Å². The van der Waals surface area contributed by atoms with Crippen molar-refractivity contribution in [1.82, 2.24) is 9.78 Å². The number of carbonyl (C=O) groups excluding carboxylic acids is 1. The van der Waals surface area contributed by atoms with Crippen LogP contribution in [0.1, 0.15) is 18.7 Å². The largest absolute Gasteiger partial charge is 0.399 e. The third-order valence-electron chi connectivity index (χ3n) is 2.88. The molecule has 0 spiro atoms. The molecule has 0 fully saturated rings. The second kappa shape index (κ2) is 5.50. The van der Waals surface area contributed by atoms with E-state index in [9.17, 15) is 9.18 Å². The molecule has 1 aromatic carbocycles. The summed E-state index contributed by atoms with van der Waals surface area (Å²) in [6, 6.07) is 3.36. The van der Waals surface area contributed by atoms with Crippen LogP contribution in [0.2, 0.25) is 5.02 Å². The number of nitrogen functional groups attached to an aromatic ring is 1. The molecule has 5 nitrogen and oxygen atoms in total.